The summed E-state index contributed by atoms with van der Waals surface area (Å²) in [5, 5.41) is 0. The van der Waals surface area contributed by atoms with Gasteiger partial charge in [0.25, 0.3) is 0 Å². The molecule has 0 aliphatic carbocycles. The van der Waals surface area contributed by atoms with Gasteiger partial charge in [-0.05, 0) is 5.92 Å². The molecule has 0 fully saturated rings. The fraction of sp³-hybridized carbons (Fsp3) is 1.00. The largest absolute Gasteiger partial charge is 0.229 e. The van der Waals surface area contributed by atoms with E-state index in [1.165, 1.54) is 6.26 Å². The highest BCUT2D eigenvalue weighted by atomic mass is 35.5. The second-order valence-corrected chi connectivity index (χ2v) is 4.85. The Morgan fingerprint density at radius 1 is 1.56 bits per heavy atom. The molecule has 56 valence electrons. The van der Waals surface area contributed by atoms with Crippen LogP contribution in [0.1, 0.15) is 6.92 Å². The van der Waals surface area contributed by atoms with Gasteiger partial charge in [0.2, 0.25) is 0 Å². The van der Waals surface area contributed by atoms with Crippen molar-refractivity contribution in [3.05, 3.63) is 0 Å². The third-order valence-corrected chi connectivity index (χ3v) is 2.55. The van der Waals surface area contributed by atoms with Gasteiger partial charge in [-0.3, -0.25) is 0 Å². The van der Waals surface area contributed by atoms with E-state index in [1.54, 1.807) is 0 Å². The zero-order chi connectivity index (χ0) is 7.49. The number of hydrogen-bond donors (Lipinski definition) is 0. The lowest BCUT2D eigenvalue weighted by atomic mass is 10.3. The summed E-state index contributed by atoms with van der Waals surface area (Å²) in [5.74, 6) is 0.672. The lowest BCUT2D eigenvalue weighted by Gasteiger charge is -2.02. The molecule has 1 atom stereocenters. The van der Waals surface area contributed by atoms with Crippen LogP contribution in [0.15, 0.2) is 0 Å². The Balaban J connectivity index is 3.75. The number of halogens is 1. The van der Waals surface area contributed by atoms with E-state index in [0.29, 0.717) is 5.88 Å². The van der Waals surface area contributed by atoms with Gasteiger partial charge in [0.05, 0.1) is 5.75 Å². The number of sulfone groups is 1. The van der Waals surface area contributed by atoms with Gasteiger partial charge in [0, 0.05) is 12.1 Å². The molecule has 0 rings (SSSR count). The predicted molar refractivity (Wildman–Crippen MR) is 39.6 cm³/mol. The smallest absolute Gasteiger partial charge is 0.147 e. The molecule has 0 spiro atoms. The molecule has 0 aromatic carbocycles. The quantitative estimate of drug-likeness (QED) is 0.590. The van der Waals surface area contributed by atoms with Crippen molar-refractivity contribution >= 4 is 21.4 Å². The molecule has 2 nitrogen and oxygen atoms in total. The normalized spacial score (nSPS) is 15.4. The average Bonchev–Trinajstić information content (AvgIpc) is 1.62. The first-order valence-electron chi connectivity index (χ1n) is 2.69. The van der Waals surface area contributed by atoms with Crippen molar-refractivity contribution in [3.8, 4) is 0 Å². The molecule has 0 aliphatic heterocycles. The van der Waals surface area contributed by atoms with Gasteiger partial charge in [0.1, 0.15) is 9.84 Å². The molecule has 0 aromatic heterocycles. The van der Waals surface area contributed by atoms with E-state index in [4.69, 9.17) is 11.6 Å². The molecular formula is C5H11ClO2S. The SMILES string of the molecule is C[C@@H](CCl)CS(C)(=O)=O. The highest BCUT2D eigenvalue weighted by molar-refractivity contribution is 7.90. The fourth-order valence-corrected chi connectivity index (χ4v) is 1.95. The van der Waals surface area contributed by atoms with Crippen LogP contribution in [0.5, 0.6) is 0 Å². The van der Waals surface area contributed by atoms with E-state index in [2.05, 4.69) is 0 Å². The van der Waals surface area contributed by atoms with Gasteiger partial charge in [-0.15, -0.1) is 11.6 Å². The van der Waals surface area contributed by atoms with Crippen LogP contribution in [-0.2, 0) is 9.84 Å². The van der Waals surface area contributed by atoms with Crippen molar-refractivity contribution in [3.63, 3.8) is 0 Å². The predicted octanol–water partition coefficient (Wildman–Crippen LogP) is 0.906. The van der Waals surface area contributed by atoms with Gasteiger partial charge in [0.15, 0.2) is 0 Å². The molecule has 0 bridgehead atoms. The zero-order valence-corrected chi connectivity index (χ0v) is 7.17. The van der Waals surface area contributed by atoms with Crippen molar-refractivity contribution in [1.82, 2.24) is 0 Å². The highest BCUT2D eigenvalue weighted by Gasteiger charge is 2.07. The van der Waals surface area contributed by atoms with Crippen molar-refractivity contribution in [2.45, 2.75) is 6.92 Å². The van der Waals surface area contributed by atoms with Crippen LogP contribution in [0.2, 0.25) is 0 Å². The van der Waals surface area contributed by atoms with E-state index >= 15 is 0 Å². The summed E-state index contributed by atoms with van der Waals surface area (Å²) in [7, 11) is -2.82. The lowest BCUT2D eigenvalue weighted by Crippen LogP contribution is -2.12. The maximum Gasteiger partial charge on any atom is 0.147 e. The fourth-order valence-electron chi connectivity index (χ4n) is 0.561. The summed E-state index contributed by atoms with van der Waals surface area (Å²) >= 11 is 5.39. The summed E-state index contributed by atoms with van der Waals surface area (Å²) in [4.78, 5) is 0. The number of alkyl halides is 1. The van der Waals surface area contributed by atoms with Crippen LogP contribution in [0, 0.1) is 5.92 Å². The molecular weight excluding hydrogens is 160 g/mol. The first kappa shape index (κ1) is 9.24. The Morgan fingerprint density at radius 2 is 2.00 bits per heavy atom. The number of rotatable bonds is 3. The lowest BCUT2D eigenvalue weighted by molar-refractivity contribution is 0.589. The van der Waals surface area contributed by atoms with Crippen LogP contribution < -0.4 is 0 Å². The van der Waals surface area contributed by atoms with Crippen molar-refractivity contribution in [2.24, 2.45) is 5.92 Å². The summed E-state index contributed by atoms with van der Waals surface area (Å²) in [6.45, 7) is 1.81. The Hall–Kier alpha value is 0.240. The molecule has 9 heavy (non-hydrogen) atoms. The van der Waals surface area contributed by atoms with E-state index in [0.717, 1.165) is 0 Å². The standard InChI is InChI=1S/C5H11ClO2S/c1-5(3-6)4-9(2,7)8/h5H,3-4H2,1-2H3/t5-/m0/s1. The van der Waals surface area contributed by atoms with Crippen LogP contribution in [-0.4, -0.2) is 26.3 Å². The highest BCUT2D eigenvalue weighted by Crippen LogP contribution is 2.00. The summed E-state index contributed by atoms with van der Waals surface area (Å²) < 4.78 is 21.1. The molecule has 0 amide bonds. The van der Waals surface area contributed by atoms with Crippen LogP contribution in [0.4, 0.5) is 0 Å². The Morgan fingerprint density at radius 3 is 2.11 bits per heavy atom. The summed E-state index contributed by atoms with van der Waals surface area (Å²) in [6, 6.07) is 0. The third-order valence-electron chi connectivity index (χ3n) is 0.851. The van der Waals surface area contributed by atoms with Crippen molar-refractivity contribution in [2.75, 3.05) is 17.9 Å². The first-order valence-corrected chi connectivity index (χ1v) is 5.29. The average molecular weight is 171 g/mol. The van der Waals surface area contributed by atoms with Crippen molar-refractivity contribution in [1.29, 1.82) is 0 Å². The van der Waals surface area contributed by atoms with Crippen LogP contribution in [0.3, 0.4) is 0 Å². The topological polar surface area (TPSA) is 34.1 Å². The molecule has 0 aromatic rings. The zero-order valence-electron chi connectivity index (χ0n) is 5.59. The third kappa shape index (κ3) is 6.12. The molecule has 0 heterocycles. The molecule has 4 heteroatoms. The van der Waals surface area contributed by atoms with E-state index in [9.17, 15) is 8.42 Å². The second kappa shape index (κ2) is 3.42. The minimum Gasteiger partial charge on any atom is -0.229 e. The molecule has 0 aliphatic rings. The number of hydrogen-bond acceptors (Lipinski definition) is 2. The van der Waals surface area contributed by atoms with Gasteiger partial charge in [-0.2, -0.15) is 0 Å². The Bertz CT molecular complexity index is 162. The van der Waals surface area contributed by atoms with Gasteiger partial charge in [-0.25, -0.2) is 8.42 Å². The first-order chi connectivity index (χ1) is 3.95. The van der Waals surface area contributed by atoms with E-state index in [1.807, 2.05) is 6.92 Å². The summed E-state index contributed by atoms with van der Waals surface area (Å²) in [5.41, 5.74) is 0. The van der Waals surface area contributed by atoms with Crippen molar-refractivity contribution < 1.29 is 8.42 Å². The minimum atomic E-state index is -2.82. The van der Waals surface area contributed by atoms with Gasteiger partial charge >= 0.3 is 0 Å². The van der Waals surface area contributed by atoms with E-state index < -0.39 is 9.84 Å². The molecule has 0 unspecified atom stereocenters. The maximum atomic E-state index is 10.5. The minimum absolute atomic E-state index is 0.0710. The Labute approximate surface area is 61.1 Å². The molecule has 0 saturated carbocycles. The monoisotopic (exact) mass is 170 g/mol. The van der Waals surface area contributed by atoms with Crippen LogP contribution in [0.25, 0.3) is 0 Å². The van der Waals surface area contributed by atoms with Crippen LogP contribution >= 0.6 is 11.6 Å². The second-order valence-electron chi connectivity index (χ2n) is 2.35. The van der Waals surface area contributed by atoms with Gasteiger partial charge < -0.3 is 0 Å². The van der Waals surface area contributed by atoms with Gasteiger partial charge in [-0.1, -0.05) is 6.92 Å². The van der Waals surface area contributed by atoms with E-state index in [-0.39, 0.29) is 11.7 Å². The molecule has 0 radical (unpaired) electrons. The Kier molecular flexibility index (Phi) is 3.51. The molecule has 0 N–H and O–H groups in total. The summed E-state index contributed by atoms with van der Waals surface area (Å²) in [6.07, 6.45) is 1.22. The maximum absolute atomic E-state index is 10.5. The molecule has 0 saturated heterocycles.